The van der Waals surface area contributed by atoms with Crippen molar-refractivity contribution in [2.75, 3.05) is 0 Å². The highest BCUT2D eigenvalue weighted by Crippen LogP contribution is 2.33. The van der Waals surface area contributed by atoms with Crippen molar-refractivity contribution in [2.24, 2.45) is 0 Å². The van der Waals surface area contributed by atoms with Gasteiger partial charge in [-0.25, -0.2) is 0 Å². The van der Waals surface area contributed by atoms with Crippen molar-refractivity contribution in [3.05, 3.63) is 53.9 Å². The second-order valence-corrected chi connectivity index (χ2v) is 9.61. The molecule has 0 radical (unpaired) electrons. The van der Waals surface area contributed by atoms with E-state index in [9.17, 15) is 9.59 Å². The van der Waals surface area contributed by atoms with E-state index >= 15 is 0 Å². The summed E-state index contributed by atoms with van der Waals surface area (Å²) in [7, 11) is 0. The standard InChI is InChI=1S/C26H36N4O2/c1-19(2)29-18-21(17-27-29)26(32)30(23-15-9-10-16-23)24(20-11-5-3-6-12-20)25(31)28-22-13-7-4-8-14-22/h3,5-6,11-12,17-19,22-24H,4,7-10,13-16H2,1-2H3,(H,28,31)/t24-/m1/s1. The Morgan fingerprint density at radius 3 is 2.28 bits per heavy atom. The molecule has 1 atom stereocenters. The van der Waals surface area contributed by atoms with Crippen LogP contribution in [-0.4, -0.2) is 38.6 Å². The van der Waals surface area contributed by atoms with Crippen LogP contribution >= 0.6 is 0 Å². The molecule has 1 heterocycles. The zero-order valence-electron chi connectivity index (χ0n) is 19.4. The van der Waals surface area contributed by atoms with Gasteiger partial charge in [-0.2, -0.15) is 5.10 Å². The molecule has 172 valence electrons. The first kappa shape index (κ1) is 22.6. The minimum Gasteiger partial charge on any atom is -0.351 e. The van der Waals surface area contributed by atoms with E-state index in [1.807, 2.05) is 55.3 Å². The molecule has 4 rings (SSSR count). The Balaban J connectivity index is 1.68. The maximum atomic E-state index is 13.9. The number of rotatable bonds is 7. The van der Waals surface area contributed by atoms with Gasteiger partial charge in [-0.1, -0.05) is 62.4 Å². The second kappa shape index (κ2) is 10.3. The predicted octanol–water partition coefficient (Wildman–Crippen LogP) is 5.04. The summed E-state index contributed by atoms with van der Waals surface area (Å²) in [4.78, 5) is 29.5. The Bertz CT molecular complexity index is 896. The molecule has 2 amide bonds. The van der Waals surface area contributed by atoms with Crippen LogP contribution in [0.15, 0.2) is 42.7 Å². The monoisotopic (exact) mass is 436 g/mol. The van der Waals surface area contributed by atoms with Crippen LogP contribution in [0.3, 0.4) is 0 Å². The van der Waals surface area contributed by atoms with Crippen LogP contribution in [0.5, 0.6) is 0 Å². The molecule has 0 spiro atoms. The summed E-state index contributed by atoms with van der Waals surface area (Å²) < 4.78 is 1.81. The van der Waals surface area contributed by atoms with Crippen LogP contribution < -0.4 is 5.32 Å². The van der Waals surface area contributed by atoms with Crippen LogP contribution in [0.1, 0.15) is 99.6 Å². The molecule has 32 heavy (non-hydrogen) atoms. The van der Waals surface area contributed by atoms with Crippen LogP contribution in [0.4, 0.5) is 0 Å². The minimum absolute atomic E-state index is 0.0559. The lowest BCUT2D eigenvalue weighted by atomic mass is 9.94. The van der Waals surface area contributed by atoms with Crippen LogP contribution in [-0.2, 0) is 4.79 Å². The maximum Gasteiger partial charge on any atom is 0.258 e. The fourth-order valence-electron chi connectivity index (χ4n) is 5.16. The number of nitrogens with zero attached hydrogens (tertiary/aromatic N) is 3. The summed E-state index contributed by atoms with van der Waals surface area (Å²) in [5, 5.41) is 7.68. The van der Waals surface area contributed by atoms with E-state index in [0.717, 1.165) is 56.9 Å². The topological polar surface area (TPSA) is 67.2 Å². The molecule has 6 nitrogen and oxygen atoms in total. The third-order valence-corrected chi connectivity index (χ3v) is 6.92. The van der Waals surface area contributed by atoms with Crippen molar-refractivity contribution in [1.82, 2.24) is 20.0 Å². The van der Waals surface area contributed by atoms with E-state index in [4.69, 9.17) is 0 Å². The molecule has 2 aromatic rings. The molecule has 6 heteroatoms. The number of nitrogens with one attached hydrogen (secondary N) is 1. The number of hydrogen-bond donors (Lipinski definition) is 1. The van der Waals surface area contributed by atoms with Gasteiger partial charge in [0.1, 0.15) is 6.04 Å². The summed E-state index contributed by atoms with van der Waals surface area (Å²) in [6.07, 6.45) is 13.1. The Morgan fingerprint density at radius 2 is 1.66 bits per heavy atom. The quantitative estimate of drug-likeness (QED) is 0.661. The summed E-state index contributed by atoms with van der Waals surface area (Å²) >= 11 is 0. The van der Waals surface area contributed by atoms with Gasteiger partial charge in [0.2, 0.25) is 5.91 Å². The highest BCUT2D eigenvalue weighted by atomic mass is 16.2. The molecule has 2 aliphatic carbocycles. The van der Waals surface area contributed by atoms with Gasteiger partial charge >= 0.3 is 0 Å². The molecule has 1 aromatic carbocycles. The zero-order valence-corrected chi connectivity index (χ0v) is 19.4. The van der Waals surface area contributed by atoms with Crippen molar-refractivity contribution in [1.29, 1.82) is 0 Å². The summed E-state index contributed by atoms with van der Waals surface area (Å²) in [6, 6.07) is 9.60. The highest BCUT2D eigenvalue weighted by molar-refractivity contribution is 5.98. The van der Waals surface area contributed by atoms with Gasteiger partial charge in [-0.15, -0.1) is 0 Å². The van der Waals surface area contributed by atoms with E-state index in [2.05, 4.69) is 10.4 Å². The largest absolute Gasteiger partial charge is 0.351 e. The van der Waals surface area contributed by atoms with Gasteiger partial charge < -0.3 is 10.2 Å². The lowest BCUT2D eigenvalue weighted by molar-refractivity contribution is -0.127. The van der Waals surface area contributed by atoms with Crippen molar-refractivity contribution in [2.45, 2.75) is 95.8 Å². The van der Waals surface area contributed by atoms with E-state index in [1.165, 1.54) is 6.42 Å². The Hall–Kier alpha value is -2.63. The van der Waals surface area contributed by atoms with Crippen molar-refractivity contribution >= 4 is 11.8 Å². The van der Waals surface area contributed by atoms with Gasteiger partial charge in [0, 0.05) is 24.3 Å². The first-order chi connectivity index (χ1) is 15.5. The molecule has 2 aliphatic rings. The minimum atomic E-state index is -0.629. The Labute approximate surface area is 191 Å². The lowest BCUT2D eigenvalue weighted by Gasteiger charge is -2.37. The normalized spacial score (nSPS) is 18.6. The third kappa shape index (κ3) is 5.05. The highest BCUT2D eigenvalue weighted by Gasteiger charge is 2.39. The number of carbonyl (C=O) groups excluding carboxylic acids is 2. The first-order valence-corrected chi connectivity index (χ1v) is 12.3. The third-order valence-electron chi connectivity index (χ3n) is 6.92. The summed E-state index contributed by atoms with van der Waals surface area (Å²) in [5.41, 5.74) is 1.43. The van der Waals surface area contributed by atoms with Crippen molar-refractivity contribution in [3.8, 4) is 0 Å². The molecule has 1 aromatic heterocycles. The number of aromatic nitrogens is 2. The molecule has 0 unspecified atom stereocenters. The molecular weight excluding hydrogens is 400 g/mol. The van der Waals surface area contributed by atoms with Crippen molar-refractivity contribution < 1.29 is 9.59 Å². The maximum absolute atomic E-state index is 13.9. The molecule has 0 saturated heterocycles. The average Bonchev–Trinajstić information content (AvgIpc) is 3.50. The average molecular weight is 437 g/mol. The van der Waals surface area contributed by atoms with Crippen LogP contribution in [0.2, 0.25) is 0 Å². The summed E-state index contributed by atoms with van der Waals surface area (Å²) in [6.45, 7) is 4.08. The molecule has 0 bridgehead atoms. The van der Waals surface area contributed by atoms with Gasteiger partial charge in [0.15, 0.2) is 0 Å². The number of carbonyl (C=O) groups is 2. The number of hydrogen-bond acceptors (Lipinski definition) is 3. The Kier molecular flexibility index (Phi) is 7.28. The lowest BCUT2D eigenvalue weighted by Crippen LogP contribution is -2.50. The van der Waals surface area contributed by atoms with Crippen molar-refractivity contribution in [3.63, 3.8) is 0 Å². The predicted molar refractivity (Wildman–Crippen MR) is 125 cm³/mol. The van der Waals surface area contributed by atoms with Gasteiger partial charge in [0.05, 0.1) is 11.8 Å². The van der Waals surface area contributed by atoms with Crippen LogP contribution in [0, 0.1) is 0 Å². The first-order valence-electron chi connectivity index (χ1n) is 12.3. The smallest absolute Gasteiger partial charge is 0.258 e. The molecule has 2 saturated carbocycles. The molecule has 2 fully saturated rings. The molecule has 0 aliphatic heterocycles. The van der Waals surface area contributed by atoms with E-state index in [-0.39, 0.29) is 29.9 Å². The Morgan fingerprint density at radius 1 is 1.00 bits per heavy atom. The second-order valence-electron chi connectivity index (χ2n) is 9.61. The van der Waals surface area contributed by atoms with Gasteiger partial charge in [-0.05, 0) is 45.1 Å². The number of amides is 2. The SMILES string of the molecule is CC(C)n1cc(C(=O)N(C2CCCC2)[C@@H](C(=O)NC2CCCCC2)c2ccccc2)cn1. The van der Waals surface area contributed by atoms with E-state index in [1.54, 1.807) is 10.9 Å². The van der Waals surface area contributed by atoms with E-state index < -0.39 is 6.04 Å². The molecular formula is C26H36N4O2. The molecule has 1 N–H and O–H groups in total. The summed E-state index contributed by atoms with van der Waals surface area (Å²) in [5.74, 6) is -0.156. The number of benzene rings is 1. The zero-order chi connectivity index (χ0) is 22.5. The fraction of sp³-hybridized carbons (Fsp3) is 0.577. The van der Waals surface area contributed by atoms with Crippen LogP contribution in [0.25, 0.3) is 0 Å². The van der Waals surface area contributed by atoms with E-state index in [0.29, 0.717) is 5.56 Å². The van der Waals surface area contributed by atoms with Gasteiger partial charge in [-0.3, -0.25) is 14.3 Å². The van der Waals surface area contributed by atoms with Gasteiger partial charge in [0.25, 0.3) is 5.91 Å². The fourth-order valence-corrected chi connectivity index (χ4v) is 5.16.